The first-order chi connectivity index (χ1) is 14.2. The van der Waals surface area contributed by atoms with E-state index in [1.807, 2.05) is 30.3 Å². The molecule has 1 saturated carbocycles. The Hall–Kier alpha value is -2.19. The molecule has 1 aromatic carbocycles. The van der Waals surface area contributed by atoms with E-state index in [-0.39, 0.29) is 23.2 Å². The summed E-state index contributed by atoms with van der Waals surface area (Å²) in [5, 5.41) is 8.53. The number of likely N-dealkylation sites (tertiary alicyclic amines) is 1. The van der Waals surface area contributed by atoms with Gasteiger partial charge in [-0.15, -0.1) is 0 Å². The van der Waals surface area contributed by atoms with E-state index < -0.39 is 28.8 Å². The fourth-order valence-electron chi connectivity index (χ4n) is 4.84. The van der Waals surface area contributed by atoms with Crippen LogP contribution in [0.15, 0.2) is 30.3 Å². The minimum absolute atomic E-state index is 0.180. The van der Waals surface area contributed by atoms with Crippen molar-refractivity contribution in [1.82, 2.24) is 4.90 Å². The number of nitrogens with zero attached hydrogens (tertiary/aromatic N) is 1. The first-order valence-corrected chi connectivity index (χ1v) is 11.1. The highest BCUT2D eigenvalue weighted by Gasteiger charge is 2.65. The molecule has 2 fully saturated rings. The molecule has 162 valence electrons. The fraction of sp³-hybridized carbons (Fsp3) is 0.545. The summed E-state index contributed by atoms with van der Waals surface area (Å²) in [6, 6.07) is 9.41. The Labute approximate surface area is 180 Å². The van der Waals surface area contributed by atoms with Gasteiger partial charge in [0.15, 0.2) is 10.9 Å². The van der Waals surface area contributed by atoms with Crippen LogP contribution in [-0.2, 0) is 25.6 Å². The van der Waals surface area contributed by atoms with Gasteiger partial charge in [0.05, 0.1) is 16.3 Å². The van der Waals surface area contributed by atoms with Gasteiger partial charge in [0, 0.05) is 13.3 Å². The number of carbonyl (C=O) groups is 4. The van der Waals surface area contributed by atoms with Gasteiger partial charge in [-0.05, 0) is 37.7 Å². The summed E-state index contributed by atoms with van der Waals surface area (Å²) < 4.78 is 0. The Morgan fingerprint density at radius 1 is 1.17 bits per heavy atom. The predicted molar refractivity (Wildman–Crippen MR) is 114 cm³/mol. The Morgan fingerprint density at radius 3 is 2.43 bits per heavy atom. The summed E-state index contributed by atoms with van der Waals surface area (Å²) in [4.78, 5) is 51.2. The summed E-state index contributed by atoms with van der Waals surface area (Å²) in [7, 11) is 0. The molecule has 1 aliphatic carbocycles. The molecule has 0 bridgehead atoms. The first-order valence-electron chi connectivity index (χ1n) is 10.3. The molecule has 3 unspecified atom stereocenters. The third kappa shape index (κ3) is 4.16. The van der Waals surface area contributed by atoms with E-state index in [2.05, 4.69) is 0 Å². The molecule has 1 spiro atoms. The average molecular weight is 433 g/mol. The zero-order valence-electron chi connectivity index (χ0n) is 17.1. The molecule has 3 rings (SSSR count). The zero-order valence-corrected chi connectivity index (χ0v) is 18.0. The number of Topliss-reactive ketones (excluding diaryl/α,β-unsaturated/α-hetero) is 1. The smallest absolute Gasteiger partial charge is 0.323 e. The third-order valence-corrected chi connectivity index (χ3v) is 7.41. The summed E-state index contributed by atoms with van der Waals surface area (Å²) >= 11 is 0.959. The number of nitrogens with two attached hydrogens (primary N) is 1. The van der Waals surface area contributed by atoms with Gasteiger partial charge in [-0.25, -0.2) is 0 Å². The minimum atomic E-state index is -1.36. The number of carboxylic acids is 1. The highest BCUT2D eigenvalue weighted by molar-refractivity contribution is 8.14. The molecule has 2 aliphatic rings. The van der Waals surface area contributed by atoms with Crippen LogP contribution in [0.1, 0.15) is 51.0 Å². The number of carbonyl (C=O) groups excluding carboxylic acids is 3. The van der Waals surface area contributed by atoms with Crippen LogP contribution in [0, 0.1) is 0 Å². The van der Waals surface area contributed by atoms with Crippen molar-refractivity contribution < 1.29 is 24.3 Å². The van der Waals surface area contributed by atoms with E-state index >= 15 is 0 Å². The number of hydrogen-bond donors (Lipinski definition) is 2. The molecule has 1 amide bonds. The molecule has 1 saturated heterocycles. The predicted octanol–water partition coefficient (Wildman–Crippen LogP) is 2.16. The maximum Gasteiger partial charge on any atom is 0.323 e. The molecular weight excluding hydrogens is 404 g/mol. The lowest BCUT2D eigenvalue weighted by molar-refractivity contribution is -0.163. The standard InChI is InChI=1S/C22H28N2O5S/c1-15(25)30-17(13-16-7-3-2-4-8-16)20(29)22(23)12-11-21(22)10-6-5-9-18(26)24(21)14-19(27)28/h2-4,7-8,17H,5-6,9-14,23H2,1H3,(H,27,28). The van der Waals surface area contributed by atoms with Crippen molar-refractivity contribution in [2.45, 2.75) is 68.2 Å². The van der Waals surface area contributed by atoms with Crippen molar-refractivity contribution in [3.05, 3.63) is 35.9 Å². The second kappa shape index (κ2) is 8.89. The first kappa shape index (κ1) is 22.5. The van der Waals surface area contributed by atoms with Crippen LogP contribution < -0.4 is 5.73 Å². The van der Waals surface area contributed by atoms with Crippen LogP contribution in [-0.4, -0.2) is 55.7 Å². The second-order valence-corrected chi connectivity index (χ2v) is 9.62. The fourth-order valence-corrected chi connectivity index (χ4v) is 5.83. The van der Waals surface area contributed by atoms with Crippen molar-refractivity contribution in [3.8, 4) is 0 Å². The number of benzene rings is 1. The summed E-state index contributed by atoms with van der Waals surface area (Å²) in [5.74, 6) is -1.66. The van der Waals surface area contributed by atoms with Gasteiger partial charge in [0.1, 0.15) is 6.54 Å². The SMILES string of the molecule is CC(=O)SC(Cc1ccccc1)C(=O)C1(N)CCC12CCCCC(=O)N2CC(=O)O. The Balaban J connectivity index is 1.95. The highest BCUT2D eigenvalue weighted by Crippen LogP contribution is 2.51. The van der Waals surface area contributed by atoms with Crippen LogP contribution in [0.2, 0.25) is 0 Å². The average Bonchev–Trinajstić information content (AvgIpc) is 2.86. The van der Waals surface area contributed by atoms with E-state index in [4.69, 9.17) is 5.73 Å². The van der Waals surface area contributed by atoms with E-state index in [9.17, 15) is 24.3 Å². The quantitative estimate of drug-likeness (QED) is 0.678. The molecule has 0 aromatic heterocycles. The molecule has 0 radical (unpaired) electrons. The summed E-state index contributed by atoms with van der Waals surface area (Å²) in [6.45, 7) is 0.954. The zero-order chi connectivity index (χ0) is 21.9. The molecular formula is C22H28N2O5S. The minimum Gasteiger partial charge on any atom is -0.480 e. The Kier molecular flexibility index (Phi) is 6.67. The lowest BCUT2D eigenvalue weighted by Crippen LogP contribution is -2.80. The topological polar surface area (TPSA) is 118 Å². The molecule has 3 atom stereocenters. The van der Waals surface area contributed by atoms with Gasteiger partial charge in [0.2, 0.25) is 5.91 Å². The summed E-state index contributed by atoms with van der Waals surface area (Å²) in [5.41, 5.74) is 5.29. The lowest BCUT2D eigenvalue weighted by atomic mass is 9.55. The Morgan fingerprint density at radius 2 is 1.87 bits per heavy atom. The van der Waals surface area contributed by atoms with Gasteiger partial charge < -0.3 is 15.7 Å². The number of thioether (sulfide) groups is 1. The van der Waals surface area contributed by atoms with Crippen LogP contribution in [0.4, 0.5) is 0 Å². The van der Waals surface area contributed by atoms with E-state index in [1.54, 1.807) is 0 Å². The van der Waals surface area contributed by atoms with Crippen LogP contribution in [0.25, 0.3) is 0 Å². The molecule has 3 N–H and O–H groups in total. The molecule has 7 nitrogen and oxygen atoms in total. The van der Waals surface area contributed by atoms with E-state index in [1.165, 1.54) is 11.8 Å². The normalized spacial score (nSPS) is 27.3. The highest BCUT2D eigenvalue weighted by atomic mass is 32.2. The van der Waals surface area contributed by atoms with Crippen LogP contribution in [0.5, 0.6) is 0 Å². The number of aliphatic carboxylic acids is 1. The van der Waals surface area contributed by atoms with Crippen LogP contribution in [0.3, 0.4) is 0 Å². The number of carboxylic acid groups (broad SMARTS) is 1. The molecule has 1 aromatic rings. The van der Waals surface area contributed by atoms with Crippen molar-refractivity contribution in [1.29, 1.82) is 0 Å². The maximum atomic E-state index is 13.7. The number of hydrogen-bond acceptors (Lipinski definition) is 6. The van der Waals surface area contributed by atoms with Crippen molar-refractivity contribution in [2.24, 2.45) is 5.73 Å². The van der Waals surface area contributed by atoms with Gasteiger partial charge >= 0.3 is 5.97 Å². The molecule has 1 aliphatic heterocycles. The van der Waals surface area contributed by atoms with Gasteiger partial charge in [0.25, 0.3) is 0 Å². The number of amides is 1. The van der Waals surface area contributed by atoms with Gasteiger partial charge in [-0.1, -0.05) is 48.5 Å². The van der Waals surface area contributed by atoms with Crippen molar-refractivity contribution in [2.75, 3.05) is 6.54 Å². The third-order valence-electron chi connectivity index (χ3n) is 6.41. The summed E-state index contributed by atoms with van der Waals surface area (Å²) in [6.07, 6.45) is 3.34. The molecule has 1 heterocycles. The lowest BCUT2D eigenvalue weighted by Gasteiger charge is -2.61. The van der Waals surface area contributed by atoms with Crippen LogP contribution >= 0.6 is 11.8 Å². The van der Waals surface area contributed by atoms with Crippen molar-refractivity contribution in [3.63, 3.8) is 0 Å². The van der Waals surface area contributed by atoms with Crippen molar-refractivity contribution >= 4 is 34.5 Å². The maximum absolute atomic E-state index is 13.7. The number of ketones is 1. The van der Waals surface area contributed by atoms with E-state index in [0.29, 0.717) is 38.5 Å². The molecule has 30 heavy (non-hydrogen) atoms. The van der Waals surface area contributed by atoms with Gasteiger partial charge in [-0.2, -0.15) is 0 Å². The Bertz CT molecular complexity index is 845. The largest absolute Gasteiger partial charge is 0.480 e. The van der Waals surface area contributed by atoms with Gasteiger partial charge in [-0.3, -0.25) is 19.2 Å². The second-order valence-electron chi connectivity index (χ2n) is 8.24. The van der Waals surface area contributed by atoms with E-state index in [0.717, 1.165) is 17.3 Å². The molecule has 8 heteroatoms. The number of rotatable bonds is 7. The monoisotopic (exact) mass is 432 g/mol.